The smallest absolute Gasteiger partial charge is 0.355 e. The van der Waals surface area contributed by atoms with Gasteiger partial charge >= 0.3 is 12.0 Å². The minimum Gasteiger partial charge on any atom is -0.476 e. The fourth-order valence-corrected chi connectivity index (χ4v) is 2.42. The molecule has 0 aliphatic heterocycles. The zero-order chi connectivity index (χ0) is 15.4. The Morgan fingerprint density at radius 3 is 2.86 bits per heavy atom. The average molecular weight is 326 g/mol. The van der Waals surface area contributed by atoms with Crippen LogP contribution < -0.4 is 10.6 Å². The van der Waals surface area contributed by atoms with Gasteiger partial charge in [-0.1, -0.05) is 17.7 Å². The van der Waals surface area contributed by atoms with Gasteiger partial charge in [0.15, 0.2) is 5.69 Å². The van der Waals surface area contributed by atoms with Crippen LogP contribution in [0.3, 0.4) is 0 Å². The van der Waals surface area contributed by atoms with E-state index in [1.807, 2.05) is 6.92 Å². The molecule has 2 amide bonds. The third-order valence-corrected chi connectivity index (χ3v) is 3.70. The number of anilines is 1. The van der Waals surface area contributed by atoms with Crippen LogP contribution in [-0.4, -0.2) is 22.1 Å². The largest absolute Gasteiger partial charge is 0.476 e. The number of aryl methyl sites for hydroxylation is 1. The highest BCUT2D eigenvalue weighted by Crippen LogP contribution is 2.20. The summed E-state index contributed by atoms with van der Waals surface area (Å²) in [5, 5.41) is 16.5. The van der Waals surface area contributed by atoms with Gasteiger partial charge in [-0.05, 0) is 24.6 Å². The first-order valence-electron chi connectivity index (χ1n) is 5.94. The van der Waals surface area contributed by atoms with Crippen LogP contribution in [0.2, 0.25) is 5.02 Å². The summed E-state index contributed by atoms with van der Waals surface area (Å²) in [6.07, 6.45) is 0. The number of carboxylic acids is 1. The number of carbonyl (C=O) groups is 2. The monoisotopic (exact) mass is 325 g/mol. The molecule has 2 aromatic rings. The third-order valence-electron chi connectivity index (χ3n) is 2.62. The molecule has 21 heavy (non-hydrogen) atoms. The minimum atomic E-state index is -1.09. The Bertz CT molecular complexity index is 687. The van der Waals surface area contributed by atoms with Crippen molar-refractivity contribution in [3.8, 4) is 0 Å². The summed E-state index contributed by atoms with van der Waals surface area (Å²) in [6, 6.07) is 4.79. The lowest BCUT2D eigenvalue weighted by Gasteiger charge is -2.09. The summed E-state index contributed by atoms with van der Waals surface area (Å²) in [6.45, 7) is 2.01. The van der Waals surface area contributed by atoms with Crippen molar-refractivity contribution in [2.75, 3.05) is 5.32 Å². The Morgan fingerprint density at radius 1 is 1.43 bits per heavy atom. The summed E-state index contributed by atoms with van der Waals surface area (Å²) in [5.74, 6) is -1.09. The van der Waals surface area contributed by atoms with E-state index >= 15 is 0 Å². The fourth-order valence-electron chi connectivity index (χ4n) is 1.54. The molecule has 1 aromatic carbocycles. The van der Waals surface area contributed by atoms with E-state index in [1.165, 1.54) is 16.7 Å². The first-order valence-corrected chi connectivity index (χ1v) is 7.20. The highest BCUT2D eigenvalue weighted by atomic mass is 35.5. The molecule has 0 radical (unpaired) electrons. The predicted octanol–water partition coefficient (Wildman–Crippen LogP) is 3.12. The van der Waals surface area contributed by atoms with E-state index in [9.17, 15) is 9.59 Å². The van der Waals surface area contributed by atoms with Gasteiger partial charge in [0.1, 0.15) is 5.01 Å². The van der Waals surface area contributed by atoms with E-state index < -0.39 is 12.0 Å². The summed E-state index contributed by atoms with van der Waals surface area (Å²) in [7, 11) is 0. The molecular weight excluding hydrogens is 314 g/mol. The molecule has 0 bridgehead atoms. The van der Waals surface area contributed by atoms with Gasteiger partial charge in [-0.25, -0.2) is 14.6 Å². The van der Waals surface area contributed by atoms with Crippen molar-refractivity contribution < 1.29 is 14.7 Å². The van der Waals surface area contributed by atoms with Crippen molar-refractivity contribution in [2.45, 2.75) is 13.5 Å². The molecule has 0 saturated heterocycles. The Balaban J connectivity index is 1.92. The number of aromatic carboxylic acids is 1. The molecule has 8 heteroatoms. The molecule has 0 unspecified atom stereocenters. The van der Waals surface area contributed by atoms with E-state index in [0.29, 0.717) is 15.7 Å². The number of carboxylic acid groups (broad SMARTS) is 1. The van der Waals surface area contributed by atoms with Crippen molar-refractivity contribution in [1.29, 1.82) is 0 Å². The highest BCUT2D eigenvalue weighted by Gasteiger charge is 2.10. The molecule has 0 spiro atoms. The Kier molecular flexibility index (Phi) is 4.77. The predicted molar refractivity (Wildman–Crippen MR) is 81.1 cm³/mol. The van der Waals surface area contributed by atoms with E-state index in [0.717, 1.165) is 5.56 Å². The number of hydrogen-bond acceptors (Lipinski definition) is 4. The lowest BCUT2D eigenvalue weighted by molar-refractivity contribution is 0.0691. The lowest BCUT2D eigenvalue weighted by Crippen LogP contribution is -2.28. The van der Waals surface area contributed by atoms with Gasteiger partial charge in [-0.3, -0.25) is 0 Å². The topological polar surface area (TPSA) is 91.3 Å². The maximum Gasteiger partial charge on any atom is 0.355 e. The highest BCUT2D eigenvalue weighted by molar-refractivity contribution is 7.09. The summed E-state index contributed by atoms with van der Waals surface area (Å²) in [4.78, 5) is 26.4. The van der Waals surface area contributed by atoms with Gasteiger partial charge in [0.2, 0.25) is 0 Å². The SMILES string of the molecule is Cc1ccc(Cl)cc1NC(=O)NCc1nc(C(=O)O)cs1. The zero-order valence-electron chi connectivity index (χ0n) is 11.0. The number of hydrogen-bond donors (Lipinski definition) is 3. The third kappa shape index (κ3) is 4.17. The van der Waals surface area contributed by atoms with Gasteiger partial charge in [-0.15, -0.1) is 11.3 Å². The number of thiazole rings is 1. The average Bonchev–Trinajstić information content (AvgIpc) is 2.90. The van der Waals surface area contributed by atoms with Crippen LogP contribution in [-0.2, 0) is 6.54 Å². The van der Waals surface area contributed by atoms with Crippen LogP contribution >= 0.6 is 22.9 Å². The van der Waals surface area contributed by atoms with E-state index in [-0.39, 0.29) is 12.2 Å². The van der Waals surface area contributed by atoms with Gasteiger partial charge in [0.25, 0.3) is 0 Å². The second-order valence-corrected chi connectivity index (χ2v) is 5.58. The number of nitrogens with zero attached hydrogens (tertiary/aromatic N) is 1. The first kappa shape index (κ1) is 15.3. The lowest BCUT2D eigenvalue weighted by atomic mass is 10.2. The van der Waals surface area contributed by atoms with E-state index in [4.69, 9.17) is 16.7 Å². The number of aromatic nitrogens is 1. The maximum atomic E-state index is 11.8. The van der Waals surface area contributed by atoms with Crippen LogP contribution in [0.4, 0.5) is 10.5 Å². The van der Waals surface area contributed by atoms with Crippen molar-refractivity contribution in [3.05, 3.63) is 44.9 Å². The van der Waals surface area contributed by atoms with Crippen LogP contribution in [0.5, 0.6) is 0 Å². The maximum absolute atomic E-state index is 11.8. The molecule has 0 aliphatic carbocycles. The zero-order valence-corrected chi connectivity index (χ0v) is 12.6. The standard InChI is InChI=1S/C13H12ClN3O3S/c1-7-2-3-8(14)4-9(7)17-13(20)15-5-11-16-10(6-21-11)12(18)19/h2-4,6H,5H2,1H3,(H,18,19)(H2,15,17,20). The van der Waals surface area contributed by atoms with Crippen molar-refractivity contribution in [2.24, 2.45) is 0 Å². The van der Waals surface area contributed by atoms with Gasteiger partial charge < -0.3 is 15.7 Å². The molecule has 0 atom stereocenters. The van der Waals surface area contributed by atoms with Crippen LogP contribution in [0, 0.1) is 6.92 Å². The number of halogens is 1. The second kappa shape index (κ2) is 6.55. The van der Waals surface area contributed by atoms with Crippen LogP contribution in [0.25, 0.3) is 0 Å². The van der Waals surface area contributed by atoms with Crippen molar-refractivity contribution in [3.63, 3.8) is 0 Å². The second-order valence-electron chi connectivity index (χ2n) is 4.20. The van der Waals surface area contributed by atoms with Crippen molar-refractivity contribution >= 4 is 40.6 Å². The minimum absolute atomic E-state index is 0.0251. The van der Waals surface area contributed by atoms with Crippen molar-refractivity contribution in [1.82, 2.24) is 10.3 Å². The molecular formula is C13H12ClN3O3S. The Labute approximate surface area is 129 Å². The fraction of sp³-hybridized carbons (Fsp3) is 0.154. The quantitative estimate of drug-likeness (QED) is 0.805. The summed E-state index contributed by atoms with van der Waals surface area (Å²) in [5.41, 5.74) is 1.48. The summed E-state index contributed by atoms with van der Waals surface area (Å²) < 4.78 is 0. The van der Waals surface area contributed by atoms with Gasteiger partial charge in [0, 0.05) is 16.1 Å². The number of amides is 2. The summed E-state index contributed by atoms with van der Waals surface area (Å²) >= 11 is 7.05. The number of rotatable bonds is 4. The number of nitrogens with one attached hydrogen (secondary N) is 2. The molecule has 6 nitrogen and oxygen atoms in total. The molecule has 1 aromatic heterocycles. The first-order chi connectivity index (χ1) is 9.95. The van der Waals surface area contributed by atoms with Crippen LogP contribution in [0.15, 0.2) is 23.6 Å². The molecule has 0 aliphatic rings. The molecule has 3 N–H and O–H groups in total. The van der Waals surface area contributed by atoms with E-state index in [2.05, 4.69) is 15.6 Å². The Morgan fingerprint density at radius 2 is 2.19 bits per heavy atom. The van der Waals surface area contributed by atoms with E-state index in [1.54, 1.807) is 18.2 Å². The molecule has 110 valence electrons. The molecule has 0 saturated carbocycles. The number of benzene rings is 1. The van der Waals surface area contributed by atoms with Gasteiger partial charge in [-0.2, -0.15) is 0 Å². The van der Waals surface area contributed by atoms with Crippen LogP contribution in [0.1, 0.15) is 21.1 Å². The normalized spacial score (nSPS) is 10.2. The number of urea groups is 1. The molecule has 0 fully saturated rings. The number of carbonyl (C=O) groups excluding carboxylic acids is 1. The molecule has 1 heterocycles. The van der Waals surface area contributed by atoms with Gasteiger partial charge in [0.05, 0.1) is 6.54 Å². The Hall–Kier alpha value is -2.12. The molecule has 2 rings (SSSR count).